The average Bonchev–Trinajstić information content (AvgIpc) is 3.12. The second kappa shape index (κ2) is 10.0. The van der Waals surface area contributed by atoms with Crippen molar-refractivity contribution in [3.8, 4) is 28.5 Å². The van der Waals surface area contributed by atoms with Gasteiger partial charge in [-0.05, 0) is 30.7 Å². The Morgan fingerprint density at radius 2 is 1.71 bits per heavy atom. The third-order valence-electron chi connectivity index (χ3n) is 3.64. The van der Waals surface area contributed by atoms with Crippen LogP contribution < -0.4 is 9.30 Å². The molecule has 150 valence electrons. The van der Waals surface area contributed by atoms with Gasteiger partial charge in [0, 0.05) is 29.5 Å². The fourth-order valence-corrected chi connectivity index (χ4v) is 2.23. The molecule has 8 heteroatoms. The van der Waals surface area contributed by atoms with E-state index in [1.54, 1.807) is 6.20 Å². The summed E-state index contributed by atoms with van der Waals surface area (Å²) in [5, 5.41) is 0. The molecule has 0 bridgehead atoms. The zero-order valence-corrected chi connectivity index (χ0v) is 17.0. The summed E-state index contributed by atoms with van der Waals surface area (Å²) in [6.07, 6.45) is 8.52. The first kappa shape index (κ1) is 21.6. The van der Waals surface area contributed by atoms with Gasteiger partial charge in [0.1, 0.15) is 12.8 Å². The van der Waals surface area contributed by atoms with Crippen LogP contribution in [0.3, 0.4) is 0 Å². The van der Waals surface area contributed by atoms with Crippen LogP contribution in [0, 0.1) is 0 Å². The van der Waals surface area contributed by atoms with E-state index in [9.17, 15) is 0 Å². The fraction of sp³-hybridized carbons (Fsp3) is 0.300. The molecule has 0 atom stereocenters. The van der Waals surface area contributed by atoms with Crippen LogP contribution in [-0.2, 0) is 17.2 Å². The fourth-order valence-electron chi connectivity index (χ4n) is 2.23. The van der Waals surface area contributed by atoms with Gasteiger partial charge >= 0.3 is 0 Å². The Bertz CT molecular complexity index is 957. The minimum Gasteiger partial charge on any atom is -0.748 e. The van der Waals surface area contributed by atoms with E-state index >= 15 is 0 Å². The largest absolute Gasteiger partial charge is 0.748 e. The molecular weight excluding hydrogens is 380 g/mol. The van der Waals surface area contributed by atoms with E-state index in [-0.39, 0.29) is 0 Å². The summed E-state index contributed by atoms with van der Waals surface area (Å²) in [5.74, 6) is 2.27. The summed E-state index contributed by atoms with van der Waals surface area (Å²) in [4.78, 5) is 4.37. The van der Waals surface area contributed by atoms with Gasteiger partial charge < -0.3 is 13.7 Å². The standard InChI is InChI=1S/C19H21N2O2.CH4O3S/c1-3-4-13-22-17-7-5-15(6-8-17)18-14-20-19(23-18)16-9-11-21(2)12-10-16;1-5(2,3)4/h5-12,14H,3-4,13H2,1-2H3;1H3,(H,2,3,4)/q+1;/p-1. The van der Waals surface area contributed by atoms with Crippen molar-refractivity contribution in [2.45, 2.75) is 19.8 Å². The van der Waals surface area contributed by atoms with E-state index in [4.69, 9.17) is 22.1 Å². The molecule has 2 heterocycles. The molecule has 0 aliphatic heterocycles. The van der Waals surface area contributed by atoms with Crippen molar-refractivity contribution in [2.24, 2.45) is 7.05 Å². The van der Waals surface area contributed by atoms with Crippen molar-refractivity contribution in [3.63, 3.8) is 0 Å². The van der Waals surface area contributed by atoms with Gasteiger partial charge in [-0.3, -0.25) is 0 Å². The molecule has 3 rings (SSSR count). The van der Waals surface area contributed by atoms with E-state index in [2.05, 4.69) is 11.9 Å². The summed E-state index contributed by atoms with van der Waals surface area (Å²) in [6.45, 7) is 2.91. The number of ether oxygens (including phenoxy) is 1. The Morgan fingerprint density at radius 1 is 1.11 bits per heavy atom. The molecule has 0 unspecified atom stereocenters. The molecule has 0 N–H and O–H groups in total. The molecule has 0 spiro atoms. The topological polar surface area (TPSA) is 96.3 Å². The first-order valence-corrected chi connectivity index (χ1v) is 10.6. The Morgan fingerprint density at radius 3 is 2.29 bits per heavy atom. The van der Waals surface area contributed by atoms with Crippen LogP contribution in [-0.4, -0.2) is 30.8 Å². The zero-order valence-electron chi connectivity index (χ0n) is 16.2. The second-order valence-electron chi connectivity index (χ2n) is 6.21. The Balaban J connectivity index is 0.000000500. The molecule has 3 aromatic rings. The van der Waals surface area contributed by atoms with Gasteiger partial charge in [-0.1, -0.05) is 13.3 Å². The van der Waals surface area contributed by atoms with Gasteiger partial charge in [-0.2, -0.15) is 0 Å². The number of pyridine rings is 1. The first-order valence-electron chi connectivity index (χ1n) is 8.82. The predicted molar refractivity (Wildman–Crippen MR) is 105 cm³/mol. The number of hydrogen-bond acceptors (Lipinski definition) is 6. The molecule has 0 saturated carbocycles. The summed E-state index contributed by atoms with van der Waals surface area (Å²) in [7, 11) is -1.94. The number of nitrogens with zero attached hydrogens (tertiary/aromatic N) is 2. The number of oxazole rings is 1. The SMILES string of the molecule is CCCCOc1ccc(-c2cnc(-c3cc[n+](C)cc3)o2)cc1.CS(=O)(=O)[O-]. The zero-order chi connectivity index (χ0) is 20.6. The summed E-state index contributed by atoms with van der Waals surface area (Å²) in [6, 6.07) is 11.9. The second-order valence-corrected chi connectivity index (χ2v) is 7.62. The van der Waals surface area contributed by atoms with Crippen molar-refractivity contribution in [2.75, 3.05) is 12.9 Å². The van der Waals surface area contributed by atoms with Crippen LogP contribution in [0.2, 0.25) is 0 Å². The third-order valence-corrected chi connectivity index (χ3v) is 3.64. The van der Waals surface area contributed by atoms with Crippen LogP contribution in [0.15, 0.2) is 59.4 Å². The van der Waals surface area contributed by atoms with E-state index in [0.717, 1.165) is 42.1 Å². The lowest BCUT2D eigenvalue weighted by Gasteiger charge is -2.05. The van der Waals surface area contributed by atoms with Gasteiger partial charge in [0.2, 0.25) is 5.89 Å². The molecule has 0 radical (unpaired) electrons. The van der Waals surface area contributed by atoms with E-state index in [0.29, 0.717) is 12.1 Å². The van der Waals surface area contributed by atoms with Crippen molar-refractivity contribution in [3.05, 3.63) is 55.0 Å². The summed E-state index contributed by atoms with van der Waals surface area (Å²) in [5.41, 5.74) is 1.96. The van der Waals surface area contributed by atoms with Gasteiger partial charge in [-0.15, -0.1) is 0 Å². The van der Waals surface area contributed by atoms with Crippen LogP contribution >= 0.6 is 0 Å². The van der Waals surface area contributed by atoms with Crippen molar-refractivity contribution >= 4 is 10.1 Å². The Hall–Kier alpha value is -2.71. The third kappa shape index (κ3) is 7.50. The normalized spacial score (nSPS) is 10.9. The monoisotopic (exact) mass is 404 g/mol. The van der Waals surface area contributed by atoms with E-state index < -0.39 is 10.1 Å². The minimum absolute atomic E-state index is 0.604. The van der Waals surface area contributed by atoms with Crippen molar-refractivity contribution in [1.29, 1.82) is 0 Å². The number of aromatic nitrogens is 2. The van der Waals surface area contributed by atoms with Crippen LogP contribution in [0.25, 0.3) is 22.8 Å². The molecule has 2 aromatic heterocycles. The highest BCUT2D eigenvalue weighted by molar-refractivity contribution is 7.84. The molecule has 0 saturated heterocycles. The number of aryl methyl sites for hydroxylation is 1. The number of unbranched alkanes of at least 4 members (excludes halogenated alkanes) is 1. The number of rotatable bonds is 6. The molecule has 0 aliphatic rings. The minimum atomic E-state index is -3.92. The highest BCUT2D eigenvalue weighted by atomic mass is 32.2. The molecule has 28 heavy (non-hydrogen) atoms. The van der Waals surface area contributed by atoms with Gasteiger partial charge in [0.05, 0.1) is 22.9 Å². The number of benzene rings is 1. The van der Waals surface area contributed by atoms with Crippen molar-refractivity contribution < 1.29 is 26.7 Å². The van der Waals surface area contributed by atoms with Gasteiger partial charge in [0.15, 0.2) is 18.2 Å². The smallest absolute Gasteiger partial charge is 0.227 e. The summed E-state index contributed by atoms with van der Waals surface area (Å²) < 4.78 is 40.8. The van der Waals surface area contributed by atoms with E-state index in [1.807, 2.05) is 60.4 Å². The molecular formula is C20H24N2O5S. The van der Waals surface area contributed by atoms with Crippen LogP contribution in [0.4, 0.5) is 0 Å². The summed E-state index contributed by atoms with van der Waals surface area (Å²) >= 11 is 0. The number of hydrogen-bond donors (Lipinski definition) is 0. The predicted octanol–water partition coefficient (Wildman–Crippen LogP) is 3.17. The average molecular weight is 404 g/mol. The molecule has 0 aliphatic carbocycles. The van der Waals surface area contributed by atoms with Crippen LogP contribution in [0.1, 0.15) is 19.8 Å². The Labute approximate surface area is 165 Å². The molecule has 1 aromatic carbocycles. The van der Waals surface area contributed by atoms with Gasteiger partial charge in [0.25, 0.3) is 0 Å². The highest BCUT2D eigenvalue weighted by Gasteiger charge is 2.09. The van der Waals surface area contributed by atoms with E-state index in [1.165, 1.54) is 0 Å². The van der Waals surface area contributed by atoms with Crippen molar-refractivity contribution in [1.82, 2.24) is 4.98 Å². The lowest BCUT2D eigenvalue weighted by molar-refractivity contribution is -0.671. The quantitative estimate of drug-likeness (QED) is 0.356. The molecule has 0 amide bonds. The highest BCUT2D eigenvalue weighted by Crippen LogP contribution is 2.27. The lowest BCUT2D eigenvalue weighted by atomic mass is 10.2. The van der Waals surface area contributed by atoms with Gasteiger partial charge in [-0.25, -0.2) is 18.0 Å². The Kier molecular flexibility index (Phi) is 7.71. The van der Waals surface area contributed by atoms with Crippen LogP contribution in [0.5, 0.6) is 5.75 Å². The maximum absolute atomic E-state index is 9.08. The molecule has 0 fully saturated rings. The maximum Gasteiger partial charge on any atom is 0.227 e. The maximum atomic E-state index is 9.08. The lowest BCUT2D eigenvalue weighted by Crippen LogP contribution is -2.25. The first-order chi connectivity index (χ1) is 13.3. The molecule has 7 nitrogen and oxygen atoms in total.